The fourth-order valence-electron chi connectivity index (χ4n) is 11.4. The maximum atomic E-state index is 12.1. The standard InChI is InChI=1S/C45H66O2/c1-31-24-25-45(30-44(31,2)3,36-26-38(32-16-8-4-9-17-32)42(46)39(27-36)33-18-10-5-11-19-33)37-28-40(34-20-12-6-13-21-34)43(47)41(29-37)35-22-14-7-15-23-35/h26-29,31-35,46-47H,4-25,30H2,1-3H3. The average molecular weight is 639 g/mol. The van der Waals surface area contributed by atoms with Crippen molar-refractivity contribution in [1.29, 1.82) is 0 Å². The molecule has 0 radical (unpaired) electrons. The minimum atomic E-state index is -0.100. The Morgan fingerprint density at radius 2 is 0.766 bits per heavy atom. The van der Waals surface area contributed by atoms with Gasteiger partial charge in [0, 0.05) is 5.41 Å². The van der Waals surface area contributed by atoms with Crippen LogP contribution in [0.3, 0.4) is 0 Å². The van der Waals surface area contributed by atoms with Crippen molar-refractivity contribution in [2.45, 2.75) is 198 Å². The first-order chi connectivity index (χ1) is 22.8. The first-order valence-corrected chi connectivity index (χ1v) is 20.5. The molecule has 1 unspecified atom stereocenters. The molecule has 2 nitrogen and oxygen atoms in total. The molecule has 47 heavy (non-hydrogen) atoms. The van der Waals surface area contributed by atoms with Crippen LogP contribution in [0.2, 0.25) is 0 Å². The Morgan fingerprint density at radius 3 is 1.04 bits per heavy atom. The molecule has 7 rings (SSSR count). The fourth-order valence-corrected chi connectivity index (χ4v) is 11.4. The molecule has 0 aliphatic heterocycles. The lowest BCUT2D eigenvalue weighted by molar-refractivity contribution is 0.102. The number of hydrogen-bond donors (Lipinski definition) is 2. The number of hydrogen-bond acceptors (Lipinski definition) is 2. The van der Waals surface area contributed by atoms with Crippen LogP contribution in [0, 0.1) is 11.3 Å². The largest absolute Gasteiger partial charge is 0.507 e. The zero-order chi connectivity index (χ0) is 32.6. The molecule has 5 fully saturated rings. The Bertz CT molecular complexity index is 1190. The van der Waals surface area contributed by atoms with Crippen LogP contribution in [-0.2, 0) is 5.41 Å². The van der Waals surface area contributed by atoms with Crippen molar-refractivity contribution in [3.8, 4) is 11.5 Å². The summed E-state index contributed by atoms with van der Waals surface area (Å²) in [5.74, 6) is 3.91. The van der Waals surface area contributed by atoms with E-state index in [9.17, 15) is 10.2 Å². The molecule has 1 atom stereocenters. The van der Waals surface area contributed by atoms with Gasteiger partial charge < -0.3 is 10.2 Å². The van der Waals surface area contributed by atoms with E-state index in [2.05, 4.69) is 45.0 Å². The van der Waals surface area contributed by atoms with Gasteiger partial charge in [0.15, 0.2) is 0 Å². The molecule has 0 amide bonds. The van der Waals surface area contributed by atoms with Crippen LogP contribution in [0.5, 0.6) is 11.5 Å². The van der Waals surface area contributed by atoms with Crippen molar-refractivity contribution < 1.29 is 10.2 Å². The Hall–Kier alpha value is -1.96. The van der Waals surface area contributed by atoms with Crippen LogP contribution in [0.1, 0.15) is 226 Å². The van der Waals surface area contributed by atoms with Gasteiger partial charge in [-0.15, -0.1) is 0 Å². The molecule has 2 N–H and O–H groups in total. The molecule has 0 bridgehead atoms. The highest BCUT2D eigenvalue weighted by Gasteiger charge is 2.47. The van der Waals surface area contributed by atoms with Crippen LogP contribution in [0.4, 0.5) is 0 Å². The molecule has 2 aromatic rings. The minimum absolute atomic E-state index is 0.100. The molecule has 2 aromatic carbocycles. The first kappa shape index (κ1) is 33.5. The van der Waals surface area contributed by atoms with Gasteiger partial charge in [-0.2, -0.15) is 0 Å². The van der Waals surface area contributed by atoms with Gasteiger partial charge in [0.05, 0.1) is 0 Å². The number of benzene rings is 2. The lowest BCUT2D eigenvalue weighted by atomic mass is 9.54. The van der Waals surface area contributed by atoms with E-state index >= 15 is 0 Å². The fraction of sp³-hybridized carbons (Fsp3) is 0.733. The molecule has 258 valence electrons. The second-order valence-electron chi connectivity index (χ2n) is 18.0. The molecule has 5 saturated carbocycles. The van der Waals surface area contributed by atoms with E-state index in [0.717, 1.165) is 12.8 Å². The molecule has 0 saturated heterocycles. The van der Waals surface area contributed by atoms with Crippen LogP contribution in [0.15, 0.2) is 24.3 Å². The van der Waals surface area contributed by atoms with Gasteiger partial charge in [-0.3, -0.25) is 0 Å². The maximum Gasteiger partial charge on any atom is 0.122 e. The number of rotatable bonds is 6. The summed E-state index contributed by atoms with van der Waals surface area (Å²) in [4.78, 5) is 0. The summed E-state index contributed by atoms with van der Waals surface area (Å²) in [6.07, 6.45) is 28.9. The van der Waals surface area contributed by atoms with Gasteiger partial charge in [-0.1, -0.05) is 122 Å². The van der Waals surface area contributed by atoms with Crippen molar-refractivity contribution in [3.63, 3.8) is 0 Å². The van der Waals surface area contributed by atoms with E-state index in [4.69, 9.17) is 0 Å². The van der Waals surface area contributed by atoms with Crippen molar-refractivity contribution in [2.75, 3.05) is 0 Å². The molecular weight excluding hydrogens is 572 g/mol. The van der Waals surface area contributed by atoms with Gasteiger partial charge in [0.25, 0.3) is 0 Å². The lowest BCUT2D eigenvalue weighted by Crippen LogP contribution is -2.42. The van der Waals surface area contributed by atoms with Gasteiger partial charge in [0.1, 0.15) is 11.5 Å². The Labute approximate surface area is 287 Å². The maximum absolute atomic E-state index is 12.1. The van der Waals surface area contributed by atoms with E-state index in [1.165, 1.54) is 168 Å². The molecular formula is C45H66O2. The molecule has 5 aliphatic rings. The Balaban J connectivity index is 1.45. The normalized spacial score (nSPS) is 26.7. The molecule has 0 aromatic heterocycles. The second kappa shape index (κ2) is 14.1. The van der Waals surface area contributed by atoms with E-state index < -0.39 is 0 Å². The summed E-state index contributed by atoms with van der Waals surface area (Å²) >= 11 is 0. The molecule has 0 spiro atoms. The second-order valence-corrected chi connectivity index (χ2v) is 18.0. The zero-order valence-electron chi connectivity index (χ0n) is 30.4. The summed E-state index contributed by atoms with van der Waals surface area (Å²) in [5, 5.41) is 24.3. The highest BCUT2D eigenvalue weighted by molar-refractivity contribution is 5.56. The molecule has 5 aliphatic carbocycles. The van der Waals surface area contributed by atoms with Gasteiger partial charge in [0.2, 0.25) is 0 Å². The van der Waals surface area contributed by atoms with Crippen molar-refractivity contribution in [1.82, 2.24) is 0 Å². The van der Waals surface area contributed by atoms with Crippen molar-refractivity contribution in [3.05, 3.63) is 57.6 Å². The van der Waals surface area contributed by atoms with Crippen molar-refractivity contribution >= 4 is 0 Å². The predicted octanol–water partition coefficient (Wildman–Crippen LogP) is 13.4. The number of phenolic OH excluding ortho intramolecular Hbond substituents is 2. The van der Waals surface area contributed by atoms with Crippen LogP contribution in [-0.4, -0.2) is 10.2 Å². The summed E-state index contributed by atoms with van der Waals surface area (Å²) in [6.45, 7) is 7.54. The SMILES string of the molecule is CC1CCC(c2cc(C3CCCCC3)c(O)c(C3CCCCC3)c2)(c2cc(C3CCCCC3)c(O)c(C3CCCCC3)c2)CC1(C)C. The van der Waals surface area contributed by atoms with Gasteiger partial charge in [-0.05, 0) is 139 Å². The molecule has 0 heterocycles. The van der Waals surface area contributed by atoms with Crippen molar-refractivity contribution in [2.24, 2.45) is 11.3 Å². The summed E-state index contributed by atoms with van der Waals surface area (Å²) in [7, 11) is 0. The van der Waals surface area contributed by atoms with Crippen LogP contribution < -0.4 is 0 Å². The summed E-state index contributed by atoms with van der Waals surface area (Å²) < 4.78 is 0. The minimum Gasteiger partial charge on any atom is -0.507 e. The summed E-state index contributed by atoms with van der Waals surface area (Å²) in [6, 6.07) is 10.2. The van der Waals surface area contributed by atoms with Crippen LogP contribution in [0.25, 0.3) is 0 Å². The smallest absolute Gasteiger partial charge is 0.122 e. The highest BCUT2D eigenvalue weighted by Crippen LogP contribution is 2.58. The first-order valence-electron chi connectivity index (χ1n) is 20.5. The quantitative estimate of drug-likeness (QED) is 0.330. The van der Waals surface area contributed by atoms with Crippen LogP contribution >= 0.6 is 0 Å². The highest BCUT2D eigenvalue weighted by atomic mass is 16.3. The topological polar surface area (TPSA) is 40.5 Å². The van der Waals surface area contributed by atoms with Gasteiger partial charge >= 0.3 is 0 Å². The predicted molar refractivity (Wildman–Crippen MR) is 197 cm³/mol. The Kier molecular flexibility index (Phi) is 10.1. The van der Waals surface area contributed by atoms with E-state index in [1.807, 2.05) is 0 Å². The number of phenols is 2. The van der Waals surface area contributed by atoms with Gasteiger partial charge in [-0.25, -0.2) is 0 Å². The van der Waals surface area contributed by atoms with E-state index in [-0.39, 0.29) is 10.8 Å². The molecule has 2 heteroatoms. The number of aromatic hydroxyl groups is 2. The summed E-state index contributed by atoms with van der Waals surface area (Å²) in [5.41, 5.74) is 8.19. The Morgan fingerprint density at radius 1 is 0.468 bits per heavy atom. The monoisotopic (exact) mass is 639 g/mol. The average Bonchev–Trinajstić information content (AvgIpc) is 3.11. The zero-order valence-corrected chi connectivity index (χ0v) is 30.4. The third kappa shape index (κ3) is 6.67. The third-order valence-electron chi connectivity index (χ3n) is 14.7. The lowest BCUT2D eigenvalue weighted by Gasteiger charge is -2.50. The third-order valence-corrected chi connectivity index (χ3v) is 14.7. The van der Waals surface area contributed by atoms with E-state index in [0.29, 0.717) is 41.1 Å². The van der Waals surface area contributed by atoms with E-state index in [1.54, 1.807) is 0 Å².